The van der Waals surface area contributed by atoms with Crippen LogP contribution in [0.2, 0.25) is 0 Å². The van der Waals surface area contributed by atoms with E-state index in [2.05, 4.69) is 15.4 Å². The van der Waals surface area contributed by atoms with Crippen LogP contribution in [0.1, 0.15) is 30.2 Å². The molecule has 0 aliphatic rings. The maximum Gasteiger partial charge on any atom is 0.328 e. The Morgan fingerprint density at radius 2 is 2.19 bits per heavy atom. The number of nitrogens with one attached hydrogen (secondary N) is 1. The van der Waals surface area contributed by atoms with Crippen molar-refractivity contribution in [3.8, 4) is 10.6 Å². The highest BCUT2D eigenvalue weighted by Gasteiger charge is 2.24. The molecule has 0 aromatic carbocycles. The van der Waals surface area contributed by atoms with E-state index < -0.39 is 24.6 Å². The molecule has 7 nitrogen and oxygen atoms in total. The zero-order valence-corrected chi connectivity index (χ0v) is 15.0. The molecule has 3 aromatic heterocycles. The summed E-state index contributed by atoms with van der Waals surface area (Å²) in [5, 5.41) is 17.9. The lowest BCUT2D eigenvalue weighted by atomic mass is 10.1. The summed E-state index contributed by atoms with van der Waals surface area (Å²) in [6.45, 7) is 2.68. The Kier molecular flexibility index (Phi) is 4.99. The predicted octanol–water partition coefficient (Wildman–Crippen LogP) is 2.89. The third-order valence-electron chi connectivity index (χ3n) is 3.83. The van der Waals surface area contributed by atoms with Crippen LogP contribution < -0.4 is 5.32 Å². The molecule has 3 aromatic rings. The van der Waals surface area contributed by atoms with E-state index in [1.165, 1.54) is 17.5 Å². The van der Waals surface area contributed by atoms with Gasteiger partial charge in [-0.15, -0.1) is 11.3 Å². The van der Waals surface area contributed by atoms with E-state index in [-0.39, 0.29) is 11.6 Å². The van der Waals surface area contributed by atoms with Crippen LogP contribution in [0.5, 0.6) is 0 Å². The highest BCUT2D eigenvalue weighted by atomic mass is 32.1. The van der Waals surface area contributed by atoms with E-state index in [1.807, 2.05) is 31.4 Å². The topological polar surface area (TPSA) is 97.1 Å². The molecule has 0 saturated carbocycles. The largest absolute Gasteiger partial charge is 0.480 e. The molecular weight excluding hydrogens is 359 g/mol. The minimum atomic E-state index is -1.60. The molecule has 3 heterocycles. The highest BCUT2D eigenvalue weighted by Crippen LogP contribution is 2.28. The van der Waals surface area contributed by atoms with Gasteiger partial charge in [-0.2, -0.15) is 5.10 Å². The fourth-order valence-corrected chi connectivity index (χ4v) is 3.22. The van der Waals surface area contributed by atoms with Crippen LogP contribution in [0.4, 0.5) is 4.39 Å². The first-order valence-corrected chi connectivity index (χ1v) is 8.82. The van der Waals surface area contributed by atoms with Gasteiger partial charge in [-0.25, -0.2) is 18.9 Å². The van der Waals surface area contributed by atoms with Crippen molar-refractivity contribution in [2.75, 3.05) is 6.67 Å². The molecule has 0 aliphatic heterocycles. The summed E-state index contributed by atoms with van der Waals surface area (Å²) < 4.78 is 14.6. The number of amides is 1. The van der Waals surface area contributed by atoms with E-state index in [9.17, 15) is 14.0 Å². The Morgan fingerprint density at radius 1 is 1.42 bits per heavy atom. The van der Waals surface area contributed by atoms with Gasteiger partial charge in [0.25, 0.3) is 5.91 Å². The molecule has 9 heteroatoms. The van der Waals surface area contributed by atoms with Gasteiger partial charge in [-0.3, -0.25) is 4.79 Å². The number of pyridine rings is 1. The Morgan fingerprint density at radius 3 is 2.77 bits per heavy atom. The monoisotopic (exact) mass is 376 g/mol. The first-order chi connectivity index (χ1) is 12.4. The highest BCUT2D eigenvalue weighted by molar-refractivity contribution is 7.13. The SMILES string of the molecule is CC(C)n1ncc2c(C(=O)NC(CF)C(=O)O)cc(-c3cccs3)nc21. The van der Waals surface area contributed by atoms with Gasteiger partial charge in [0.1, 0.15) is 6.67 Å². The number of carbonyl (C=O) groups excluding carboxylic acids is 1. The van der Waals surface area contributed by atoms with Crippen LogP contribution in [0.15, 0.2) is 29.8 Å². The number of hydrogen-bond acceptors (Lipinski definition) is 5. The van der Waals surface area contributed by atoms with Gasteiger partial charge in [0.2, 0.25) is 0 Å². The molecular formula is C17H17FN4O3S. The van der Waals surface area contributed by atoms with Crippen LogP contribution in [0, 0.1) is 0 Å². The summed E-state index contributed by atoms with van der Waals surface area (Å²) in [5.41, 5.74) is 1.31. The first kappa shape index (κ1) is 18.0. The zero-order valence-electron chi connectivity index (χ0n) is 14.1. The molecule has 136 valence electrons. The molecule has 0 aliphatic carbocycles. The van der Waals surface area contributed by atoms with E-state index in [4.69, 9.17) is 5.11 Å². The fraction of sp³-hybridized carbons (Fsp3) is 0.294. The number of carboxylic acids is 1. The van der Waals surface area contributed by atoms with Crippen molar-refractivity contribution < 1.29 is 19.1 Å². The lowest BCUT2D eigenvalue weighted by Crippen LogP contribution is -2.42. The summed E-state index contributed by atoms with van der Waals surface area (Å²) >= 11 is 1.47. The van der Waals surface area contributed by atoms with Crippen molar-refractivity contribution >= 4 is 34.2 Å². The number of fused-ring (bicyclic) bond motifs is 1. The second-order valence-corrected chi connectivity index (χ2v) is 6.92. The molecule has 26 heavy (non-hydrogen) atoms. The van der Waals surface area contributed by atoms with Crippen molar-refractivity contribution in [2.24, 2.45) is 0 Å². The second kappa shape index (κ2) is 7.20. The summed E-state index contributed by atoms with van der Waals surface area (Å²) in [6.07, 6.45) is 1.51. The molecule has 0 bridgehead atoms. The number of carbonyl (C=O) groups is 2. The maximum atomic E-state index is 12.9. The third-order valence-corrected chi connectivity index (χ3v) is 4.72. The number of nitrogens with zero attached hydrogens (tertiary/aromatic N) is 3. The molecule has 3 rings (SSSR count). The number of rotatable bonds is 6. The van der Waals surface area contributed by atoms with Crippen LogP contribution in [-0.4, -0.2) is 44.5 Å². The first-order valence-electron chi connectivity index (χ1n) is 7.94. The van der Waals surface area contributed by atoms with E-state index in [0.29, 0.717) is 16.7 Å². The summed E-state index contributed by atoms with van der Waals surface area (Å²) in [5.74, 6) is -2.11. The number of carboxylic acid groups (broad SMARTS) is 1. The number of aromatic nitrogens is 3. The Hall–Kier alpha value is -2.81. The average Bonchev–Trinajstić information content (AvgIpc) is 3.27. The summed E-state index contributed by atoms with van der Waals surface area (Å²) in [7, 11) is 0. The molecule has 1 atom stereocenters. The van der Waals surface area contributed by atoms with Crippen molar-refractivity contribution in [3.63, 3.8) is 0 Å². The number of hydrogen-bond donors (Lipinski definition) is 2. The van der Waals surface area contributed by atoms with E-state index >= 15 is 0 Å². The van der Waals surface area contributed by atoms with Gasteiger partial charge in [0.15, 0.2) is 11.7 Å². The number of thiophene rings is 1. The quantitative estimate of drug-likeness (QED) is 0.689. The lowest BCUT2D eigenvalue weighted by Gasteiger charge is -2.13. The predicted molar refractivity (Wildman–Crippen MR) is 96.1 cm³/mol. The fourth-order valence-electron chi connectivity index (χ4n) is 2.54. The number of halogens is 1. The smallest absolute Gasteiger partial charge is 0.328 e. The van der Waals surface area contributed by atoms with E-state index in [1.54, 1.807) is 10.7 Å². The normalized spacial score (nSPS) is 12.5. The Labute approximate surface area is 152 Å². The van der Waals surface area contributed by atoms with Crippen molar-refractivity contribution in [3.05, 3.63) is 35.3 Å². The van der Waals surface area contributed by atoms with Crippen molar-refractivity contribution in [1.82, 2.24) is 20.1 Å². The summed E-state index contributed by atoms with van der Waals surface area (Å²) in [6, 6.07) is 3.74. The molecule has 0 radical (unpaired) electrons. The summed E-state index contributed by atoms with van der Waals surface area (Å²) in [4.78, 5) is 29.1. The second-order valence-electron chi connectivity index (χ2n) is 5.97. The molecule has 1 amide bonds. The van der Waals surface area contributed by atoms with Crippen LogP contribution >= 0.6 is 11.3 Å². The lowest BCUT2D eigenvalue weighted by molar-refractivity contribution is -0.139. The minimum Gasteiger partial charge on any atom is -0.480 e. The molecule has 0 spiro atoms. The van der Waals surface area contributed by atoms with Crippen LogP contribution in [-0.2, 0) is 4.79 Å². The zero-order chi connectivity index (χ0) is 18.8. The molecule has 0 fully saturated rings. The van der Waals surface area contributed by atoms with Crippen LogP contribution in [0.3, 0.4) is 0 Å². The van der Waals surface area contributed by atoms with Gasteiger partial charge in [-0.05, 0) is 31.4 Å². The van der Waals surface area contributed by atoms with Crippen LogP contribution in [0.25, 0.3) is 21.6 Å². The number of alkyl halides is 1. The maximum absolute atomic E-state index is 12.9. The van der Waals surface area contributed by atoms with Gasteiger partial charge in [0, 0.05) is 6.04 Å². The van der Waals surface area contributed by atoms with Gasteiger partial charge >= 0.3 is 5.97 Å². The third kappa shape index (κ3) is 3.30. The van der Waals surface area contributed by atoms with Crippen molar-refractivity contribution in [2.45, 2.75) is 25.9 Å². The minimum absolute atomic E-state index is 0.0205. The Balaban J connectivity index is 2.14. The van der Waals surface area contributed by atoms with Gasteiger partial charge < -0.3 is 10.4 Å². The van der Waals surface area contributed by atoms with Crippen molar-refractivity contribution in [1.29, 1.82) is 0 Å². The number of aliphatic carboxylic acids is 1. The van der Waals surface area contributed by atoms with E-state index in [0.717, 1.165) is 4.88 Å². The molecule has 1 unspecified atom stereocenters. The molecule has 2 N–H and O–H groups in total. The molecule has 0 saturated heterocycles. The average molecular weight is 376 g/mol. The standard InChI is InChI=1S/C17H17FN4O3S/c1-9(2)22-15-11(8-19-22)10(16(23)21-13(7-18)17(24)25)6-12(20-15)14-4-3-5-26-14/h3-6,8-9,13H,7H2,1-2H3,(H,21,23)(H,24,25). The van der Waals surface area contributed by atoms with Gasteiger partial charge in [0.05, 0.1) is 27.7 Å². The Bertz CT molecular complexity index is 952. The van der Waals surface area contributed by atoms with Gasteiger partial charge in [-0.1, -0.05) is 6.07 Å².